The van der Waals surface area contributed by atoms with Crippen LogP contribution >= 0.6 is 0 Å². The molecule has 0 unspecified atom stereocenters. The van der Waals surface area contributed by atoms with Gasteiger partial charge < -0.3 is 19.7 Å². The second-order valence-corrected chi connectivity index (χ2v) is 7.89. The van der Waals surface area contributed by atoms with Crippen molar-refractivity contribution < 1.29 is 14.4 Å². The molecule has 164 valence electrons. The van der Waals surface area contributed by atoms with Crippen LogP contribution in [0.3, 0.4) is 0 Å². The van der Waals surface area contributed by atoms with Gasteiger partial charge in [-0.2, -0.15) is 0 Å². The van der Waals surface area contributed by atoms with Crippen LogP contribution in [0, 0.1) is 6.92 Å². The second kappa shape index (κ2) is 9.51. The maximum absolute atomic E-state index is 13.1. The Morgan fingerprint density at radius 2 is 1.41 bits per heavy atom. The molecular formula is C25H26N4O3. The van der Waals surface area contributed by atoms with Gasteiger partial charge in [0.05, 0.1) is 0 Å². The number of nitrogens with one attached hydrogen (secondary N) is 1. The Kier molecular flexibility index (Phi) is 6.35. The highest BCUT2D eigenvalue weighted by Gasteiger charge is 2.27. The molecule has 1 aliphatic heterocycles. The third-order valence-electron chi connectivity index (χ3n) is 5.57. The minimum absolute atomic E-state index is 0.0196. The number of aromatic nitrogens is 1. The molecule has 3 amide bonds. The maximum Gasteiger partial charge on any atom is 0.270 e. The van der Waals surface area contributed by atoms with Crippen LogP contribution in [0.5, 0.6) is 0 Å². The maximum atomic E-state index is 13.1. The predicted octanol–water partition coefficient (Wildman–Crippen LogP) is 3.03. The number of hydrogen-bond acceptors (Lipinski definition) is 3. The number of carbonyl (C=O) groups is 3. The minimum atomic E-state index is -0.197. The van der Waals surface area contributed by atoms with Crippen LogP contribution in [0.4, 0.5) is 5.69 Å². The van der Waals surface area contributed by atoms with E-state index in [1.165, 1.54) is 0 Å². The number of rotatable bonds is 5. The minimum Gasteiger partial charge on any atom is -0.335 e. The van der Waals surface area contributed by atoms with Gasteiger partial charge in [-0.3, -0.25) is 14.4 Å². The molecule has 0 bridgehead atoms. The van der Waals surface area contributed by atoms with Crippen molar-refractivity contribution in [3.8, 4) is 0 Å². The average Bonchev–Trinajstić information content (AvgIpc) is 3.28. The van der Waals surface area contributed by atoms with Gasteiger partial charge in [-0.1, -0.05) is 35.9 Å². The zero-order chi connectivity index (χ0) is 22.5. The highest BCUT2D eigenvalue weighted by molar-refractivity contribution is 5.96. The van der Waals surface area contributed by atoms with Gasteiger partial charge in [-0.15, -0.1) is 0 Å². The molecule has 0 aliphatic carbocycles. The number of nitrogens with zero attached hydrogens (tertiary/aromatic N) is 3. The summed E-state index contributed by atoms with van der Waals surface area (Å²) in [5.41, 5.74) is 2.96. The molecular weight excluding hydrogens is 404 g/mol. The highest BCUT2D eigenvalue weighted by Crippen LogP contribution is 2.14. The third kappa shape index (κ3) is 4.88. The summed E-state index contributed by atoms with van der Waals surface area (Å²) in [4.78, 5) is 41.7. The lowest BCUT2D eigenvalue weighted by atomic mass is 10.2. The topological polar surface area (TPSA) is 74.7 Å². The Morgan fingerprint density at radius 1 is 0.781 bits per heavy atom. The zero-order valence-corrected chi connectivity index (χ0v) is 18.0. The summed E-state index contributed by atoms with van der Waals surface area (Å²) in [6, 6.07) is 20.2. The van der Waals surface area contributed by atoms with Gasteiger partial charge in [0, 0.05) is 43.6 Å². The summed E-state index contributed by atoms with van der Waals surface area (Å²) >= 11 is 0. The fourth-order valence-corrected chi connectivity index (χ4v) is 3.78. The van der Waals surface area contributed by atoms with Gasteiger partial charge in [-0.25, -0.2) is 0 Å². The molecule has 7 heteroatoms. The summed E-state index contributed by atoms with van der Waals surface area (Å²) in [5.74, 6) is -0.351. The van der Waals surface area contributed by atoms with E-state index in [1.807, 2.05) is 49.4 Å². The summed E-state index contributed by atoms with van der Waals surface area (Å²) in [6.07, 6.45) is 1.73. The standard InChI is InChI=1S/C25H26N4O3/c1-19-9-11-21(12-10-19)26-23(30)18-29-13-5-8-22(29)25(32)28-16-14-27(15-17-28)24(31)20-6-3-2-4-7-20/h2-13H,14-18H2,1H3,(H,26,30). The Labute approximate surface area is 187 Å². The first kappa shape index (κ1) is 21.4. The fraction of sp³-hybridized carbons (Fsp3) is 0.240. The van der Waals surface area contributed by atoms with Gasteiger partial charge in [-0.05, 0) is 43.3 Å². The van der Waals surface area contributed by atoms with Crippen molar-refractivity contribution >= 4 is 23.4 Å². The van der Waals surface area contributed by atoms with Crippen LogP contribution in [0.1, 0.15) is 26.4 Å². The summed E-state index contributed by atoms with van der Waals surface area (Å²) in [5, 5.41) is 2.86. The molecule has 4 rings (SSSR count). The molecule has 0 saturated carbocycles. The zero-order valence-electron chi connectivity index (χ0n) is 18.0. The lowest BCUT2D eigenvalue weighted by molar-refractivity contribution is -0.116. The van der Waals surface area contributed by atoms with Crippen LogP contribution in [0.15, 0.2) is 72.9 Å². The van der Waals surface area contributed by atoms with Crippen LogP contribution in [-0.4, -0.2) is 58.3 Å². The highest BCUT2D eigenvalue weighted by atomic mass is 16.2. The van der Waals surface area contributed by atoms with Crippen molar-refractivity contribution in [2.24, 2.45) is 0 Å². The predicted molar refractivity (Wildman–Crippen MR) is 122 cm³/mol. The quantitative estimate of drug-likeness (QED) is 0.676. The van der Waals surface area contributed by atoms with Crippen LogP contribution in [0.2, 0.25) is 0 Å². The Hall–Kier alpha value is -3.87. The van der Waals surface area contributed by atoms with E-state index in [9.17, 15) is 14.4 Å². The van der Waals surface area contributed by atoms with E-state index >= 15 is 0 Å². The van der Waals surface area contributed by atoms with E-state index in [1.54, 1.807) is 44.8 Å². The number of piperazine rings is 1. The molecule has 3 aromatic rings. The lowest BCUT2D eigenvalue weighted by Gasteiger charge is -2.35. The van der Waals surface area contributed by atoms with Crippen molar-refractivity contribution in [3.05, 3.63) is 89.7 Å². The number of aryl methyl sites for hydroxylation is 1. The molecule has 1 aliphatic rings. The van der Waals surface area contributed by atoms with Crippen LogP contribution < -0.4 is 5.32 Å². The SMILES string of the molecule is Cc1ccc(NC(=O)Cn2cccc2C(=O)N2CCN(C(=O)c3ccccc3)CC2)cc1. The molecule has 2 heterocycles. The van der Waals surface area contributed by atoms with Gasteiger partial charge >= 0.3 is 0 Å². The monoisotopic (exact) mass is 430 g/mol. The molecule has 0 radical (unpaired) electrons. The second-order valence-electron chi connectivity index (χ2n) is 7.89. The van der Waals surface area contributed by atoms with Crippen LogP contribution in [-0.2, 0) is 11.3 Å². The Morgan fingerprint density at radius 3 is 2.06 bits per heavy atom. The summed E-state index contributed by atoms with van der Waals surface area (Å²) < 4.78 is 1.66. The number of carbonyl (C=O) groups excluding carboxylic acids is 3. The van der Waals surface area contributed by atoms with E-state index < -0.39 is 0 Å². The van der Waals surface area contributed by atoms with E-state index in [0.29, 0.717) is 37.4 Å². The van der Waals surface area contributed by atoms with Gasteiger partial charge in [0.2, 0.25) is 5.91 Å². The fourth-order valence-electron chi connectivity index (χ4n) is 3.78. The van der Waals surface area contributed by atoms with Gasteiger partial charge in [0.25, 0.3) is 11.8 Å². The van der Waals surface area contributed by atoms with Gasteiger partial charge in [0.1, 0.15) is 12.2 Å². The molecule has 1 N–H and O–H groups in total. The number of anilines is 1. The summed E-state index contributed by atoms with van der Waals surface area (Å²) in [7, 11) is 0. The largest absolute Gasteiger partial charge is 0.335 e. The molecule has 1 fully saturated rings. The Balaban J connectivity index is 1.35. The van der Waals surface area contributed by atoms with Crippen molar-refractivity contribution in [3.63, 3.8) is 0 Å². The third-order valence-corrected chi connectivity index (χ3v) is 5.57. The van der Waals surface area contributed by atoms with E-state index in [-0.39, 0.29) is 24.3 Å². The number of amides is 3. The first-order valence-corrected chi connectivity index (χ1v) is 10.7. The van der Waals surface area contributed by atoms with Gasteiger partial charge in [0.15, 0.2) is 0 Å². The van der Waals surface area contributed by atoms with E-state index in [4.69, 9.17) is 0 Å². The van der Waals surface area contributed by atoms with E-state index in [0.717, 1.165) is 11.3 Å². The Bertz CT molecular complexity index is 1100. The average molecular weight is 431 g/mol. The lowest BCUT2D eigenvalue weighted by Crippen LogP contribution is -2.51. The molecule has 0 spiro atoms. The smallest absolute Gasteiger partial charge is 0.270 e. The van der Waals surface area contributed by atoms with E-state index in [2.05, 4.69) is 5.32 Å². The van der Waals surface area contributed by atoms with Crippen molar-refractivity contribution in [2.45, 2.75) is 13.5 Å². The summed E-state index contributed by atoms with van der Waals surface area (Å²) in [6.45, 7) is 3.91. The normalized spacial score (nSPS) is 13.7. The first-order chi connectivity index (χ1) is 15.5. The van der Waals surface area contributed by atoms with Crippen molar-refractivity contribution in [1.29, 1.82) is 0 Å². The molecule has 1 aromatic heterocycles. The van der Waals surface area contributed by atoms with Crippen molar-refractivity contribution in [2.75, 3.05) is 31.5 Å². The molecule has 7 nitrogen and oxygen atoms in total. The number of benzene rings is 2. The first-order valence-electron chi connectivity index (χ1n) is 10.7. The molecule has 2 aromatic carbocycles. The molecule has 32 heavy (non-hydrogen) atoms. The molecule has 1 saturated heterocycles. The van der Waals surface area contributed by atoms with Crippen molar-refractivity contribution in [1.82, 2.24) is 14.4 Å². The number of hydrogen-bond donors (Lipinski definition) is 1. The molecule has 0 atom stereocenters. The van der Waals surface area contributed by atoms with Crippen LogP contribution in [0.25, 0.3) is 0 Å².